The molecule has 2 aromatic heterocycles. The van der Waals surface area contributed by atoms with E-state index < -0.39 is 0 Å². The molecule has 18 heavy (non-hydrogen) atoms. The number of benzene rings is 1. The molecule has 0 amide bonds. The Morgan fingerprint density at radius 1 is 1.28 bits per heavy atom. The van der Waals surface area contributed by atoms with Crippen molar-refractivity contribution in [1.29, 1.82) is 0 Å². The van der Waals surface area contributed by atoms with Gasteiger partial charge in [-0.05, 0) is 37.3 Å². The van der Waals surface area contributed by atoms with Crippen molar-refractivity contribution in [1.82, 2.24) is 9.97 Å². The summed E-state index contributed by atoms with van der Waals surface area (Å²) in [6.07, 6.45) is 1.78. The van der Waals surface area contributed by atoms with Crippen molar-refractivity contribution >= 4 is 44.0 Å². The average molecular weight is 276 g/mol. The Kier molecular flexibility index (Phi) is 2.89. The molecule has 3 nitrogen and oxygen atoms in total. The van der Waals surface area contributed by atoms with E-state index in [0.717, 1.165) is 31.8 Å². The van der Waals surface area contributed by atoms with Gasteiger partial charge in [-0.1, -0.05) is 22.9 Å². The number of hydrogen-bond donors (Lipinski definition) is 1. The normalized spacial score (nSPS) is 10.8. The molecule has 0 atom stereocenters. The highest BCUT2D eigenvalue weighted by Gasteiger charge is 2.06. The maximum atomic E-state index is 5.96. The van der Waals surface area contributed by atoms with E-state index in [2.05, 4.69) is 15.3 Å². The van der Waals surface area contributed by atoms with E-state index in [1.165, 1.54) is 0 Å². The Morgan fingerprint density at radius 2 is 2.17 bits per heavy atom. The number of nitrogens with one attached hydrogen (secondary N) is 1. The van der Waals surface area contributed by atoms with Crippen molar-refractivity contribution in [2.45, 2.75) is 6.92 Å². The largest absolute Gasteiger partial charge is 0.330 e. The number of aromatic nitrogens is 2. The second kappa shape index (κ2) is 4.55. The molecular weight excluding hydrogens is 266 g/mol. The van der Waals surface area contributed by atoms with Crippen LogP contribution in [0.2, 0.25) is 5.02 Å². The van der Waals surface area contributed by atoms with E-state index in [1.54, 1.807) is 17.5 Å². The summed E-state index contributed by atoms with van der Waals surface area (Å²) in [6, 6.07) is 9.59. The van der Waals surface area contributed by atoms with E-state index in [-0.39, 0.29) is 0 Å². The van der Waals surface area contributed by atoms with E-state index >= 15 is 0 Å². The molecule has 0 saturated heterocycles. The number of fused-ring (bicyclic) bond motifs is 1. The molecule has 0 bridgehead atoms. The van der Waals surface area contributed by atoms with Crippen LogP contribution < -0.4 is 5.32 Å². The Hall–Kier alpha value is -1.65. The van der Waals surface area contributed by atoms with E-state index in [0.29, 0.717) is 0 Å². The van der Waals surface area contributed by atoms with Gasteiger partial charge in [0.15, 0.2) is 5.13 Å². The minimum absolute atomic E-state index is 0.732. The molecule has 0 saturated carbocycles. The van der Waals surface area contributed by atoms with Crippen LogP contribution in [0.25, 0.3) is 10.2 Å². The van der Waals surface area contributed by atoms with Gasteiger partial charge in [0.2, 0.25) is 0 Å². The van der Waals surface area contributed by atoms with Gasteiger partial charge >= 0.3 is 0 Å². The maximum absolute atomic E-state index is 5.96. The second-order valence-corrected chi connectivity index (χ2v) is 5.36. The smallest absolute Gasteiger partial charge is 0.188 e. The van der Waals surface area contributed by atoms with Crippen LogP contribution in [-0.4, -0.2) is 9.97 Å². The number of halogens is 1. The van der Waals surface area contributed by atoms with Crippen LogP contribution in [0.5, 0.6) is 0 Å². The minimum atomic E-state index is 0.732. The Morgan fingerprint density at radius 3 is 3.00 bits per heavy atom. The number of anilines is 2. The SMILES string of the molecule is Cc1ncccc1Nc1nc2ccc(Cl)cc2s1. The molecule has 0 radical (unpaired) electrons. The lowest BCUT2D eigenvalue weighted by Gasteiger charge is -2.04. The zero-order chi connectivity index (χ0) is 12.5. The van der Waals surface area contributed by atoms with Crippen LogP contribution >= 0.6 is 22.9 Å². The molecule has 0 aliphatic heterocycles. The van der Waals surface area contributed by atoms with Crippen LogP contribution in [0, 0.1) is 6.92 Å². The van der Waals surface area contributed by atoms with Crippen molar-refractivity contribution < 1.29 is 0 Å². The first-order chi connectivity index (χ1) is 8.72. The quantitative estimate of drug-likeness (QED) is 0.753. The van der Waals surface area contributed by atoms with Crippen LogP contribution in [0.4, 0.5) is 10.8 Å². The molecule has 0 unspecified atom stereocenters. The monoisotopic (exact) mass is 275 g/mol. The summed E-state index contributed by atoms with van der Waals surface area (Å²) in [7, 11) is 0. The summed E-state index contributed by atoms with van der Waals surface area (Å²) < 4.78 is 1.08. The fraction of sp³-hybridized carbons (Fsp3) is 0.0769. The molecule has 3 rings (SSSR count). The first kappa shape index (κ1) is 11.4. The number of nitrogens with zero attached hydrogens (tertiary/aromatic N) is 2. The van der Waals surface area contributed by atoms with Crippen molar-refractivity contribution in [3.05, 3.63) is 47.2 Å². The average Bonchev–Trinajstić information content (AvgIpc) is 2.73. The molecule has 0 aliphatic rings. The molecule has 1 aromatic carbocycles. The molecule has 0 fully saturated rings. The second-order valence-electron chi connectivity index (χ2n) is 3.89. The number of thiazole rings is 1. The van der Waals surface area contributed by atoms with E-state index in [1.807, 2.05) is 37.3 Å². The third kappa shape index (κ3) is 2.17. The summed E-state index contributed by atoms with van der Waals surface area (Å²) in [5, 5.41) is 4.86. The number of pyridine rings is 1. The van der Waals surface area contributed by atoms with Gasteiger partial charge in [-0.25, -0.2) is 4.98 Å². The Labute approximate surface area is 113 Å². The highest BCUT2D eigenvalue weighted by molar-refractivity contribution is 7.22. The lowest BCUT2D eigenvalue weighted by molar-refractivity contribution is 1.20. The van der Waals surface area contributed by atoms with Crippen molar-refractivity contribution in [2.24, 2.45) is 0 Å². The van der Waals surface area contributed by atoms with Gasteiger partial charge in [-0.2, -0.15) is 0 Å². The Bertz CT molecular complexity index is 708. The molecule has 90 valence electrons. The molecular formula is C13H10ClN3S. The van der Waals surface area contributed by atoms with Gasteiger partial charge < -0.3 is 5.32 Å². The molecule has 1 N–H and O–H groups in total. The molecule has 2 heterocycles. The Balaban J connectivity index is 1.98. The number of hydrogen-bond acceptors (Lipinski definition) is 4. The van der Waals surface area contributed by atoms with Gasteiger partial charge in [0.1, 0.15) is 0 Å². The fourth-order valence-corrected chi connectivity index (χ4v) is 2.84. The zero-order valence-corrected chi connectivity index (χ0v) is 11.2. The van der Waals surface area contributed by atoms with Gasteiger partial charge in [-0.15, -0.1) is 0 Å². The summed E-state index contributed by atoms with van der Waals surface area (Å²) in [5.74, 6) is 0. The van der Waals surface area contributed by atoms with Crippen LogP contribution in [-0.2, 0) is 0 Å². The summed E-state index contributed by atoms with van der Waals surface area (Å²) in [4.78, 5) is 8.75. The summed E-state index contributed by atoms with van der Waals surface area (Å²) >= 11 is 7.54. The van der Waals surface area contributed by atoms with E-state index in [9.17, 15) is 0 Å². The van der Waals surface area contributed by atoms with Crippen molar-refractivity contribution in [2.75, 3.05) is 5.32 Å². The third-order valence-electron chi connectivity index (χ3n) is 2.60. The summed E-state index contributed by atoms with van der Waals surface area (Å²) in [5.41, 5.74) is 2.88. The fourth-order valence-electron chi connectivity index (χ4n) is 1.68. The highest BCUT2D eigenvalue weighted by atomic mass is 35.5. The topological polar surface area (TPSA) is 37.8 Å². The van der Waals surface area contributed by atoms with Gasteiger partial charge in [0.25, 0.3) is 0 Å². The van der Waals surface area contributed by atoms with Gasteiger partial charge in [0.05, 0.1) is 21.6 Å². The molecule has 3 aromatic rings. The predicted molar refractivity (Wildman–Crippen MR) is 76.9 cm³/mol. The molecule has 5 heteroatoms. The molecule has 0 spiro atoms. The van der Waals surface area contributed by atoms with Crippen molar-refractivity contribution in [3.63, 3.8) is 0 Å². The van der Waals surface area contributed by atoms with Gasteiger partial charge in [-0.3, -0.25) is 4.98 Å². The zero-order valence-electron chi connectivity index (χ0n) is 9.64. The minimum Gasteiger partial charge on any atom is -0.330 e. The van der Waals surface area contributed by atoms with E-state index in [4.69, 9.17) is 11.6 Å². The third-order valence-corrected chi connectivity index (χ3v) is 3.77. The van der Waals surface area contributed by atoms with Crippen molar-refractivity contribution in [3.8, 4) is 0 Å². The van der Waals surface area contributed by atoms with Crippen LogP contribution in [0.1, 0.15) is 5.69 Å². The lowest BCUT2D eigenvalue weighted by atomic mass is 10.3. The first-order valence-corrected chi connectivity index (χ1v) is 6.66. The molecule has 0 aliphatic carbocycles. The number of rotatable bonds is 2. The van der Waals surface area contributed by atoms with Crippen LogP contribution in [0.15, 0.2) is 36.5 Å². The lowest BCUT2D eigenvalue weighted by Crippen LogP contribution is -1.93. The highest BCUT2D eigenvalue weighted by Crippen LogP contribution is 2.30. The van der Waals surface area contributed by atoms with Gasteiger partial charge in [0, 0.05) is 11.2 Å². The standard InChI is InChI=1S/C13H10ClN3S/c1-8-10(3-2-6-15-8)16-13-17-11-5-4-9(14)7-12(11)18-13/h2-7H,1H3,(H,16,17). The predicted octanol–water partition coefficient (Wildman–Crippen LogP) is 4.40. The maximum Gasteiger partial charge on any atom is 0.188 e. The first-order valence-electron chi connectivity index (χ1n) is 5.47. The summed E-state index contributed by atoms with van der Waals surface area (Å²) in [6.45, 7) is 1.96. The van der Waals surface area contributed by atoms with Crippen LogP contribution in [0.3, 0.4) is 0 Å². The number of aryl methyl sites for hydroxylation is 1.